The highest BCUT2D eigenvalue weighted by atomic mass is 32.1. The van der Waals surface area contributed by atoms with E-state index in [0.717, 1.165) is 43.1 Å². The number of carbonyl (C=O) groups is 2. The summed E-state index contributed by atoms with van der Waals surface area (Å²) in [5.41, 5.74) is 0.167. The number of aromatic nitrogens is 1. The molecule has 2 aromatic rings. The van der Waals surface area contributed by atoms with E-state index >= 15 is 0 Å². The van der Waals surface area contributed by atoms with Gasteiger partial charge in [-0.15, -0.1) is 11.3 Å². The van der Waals surface area contributed by atoms with Gasteiger partial charge in [-0.05, 0) is 63.6 Å². The molecule has 3 heterocycles. The Morgan fingerprint density at radius 2 is 1.94 bits per heavy atom. The Balaban J connectivity index is 1.35. The summed E-state index contributed by atoms with van der Waals surface area (Å²) in [5.74, 6) is -2.99. The lowest BCUT2D eigenvalue weighted by molar-refractivity contribution is -0.124. The van der Waals surface area contributed by atoms with Crippen LogP contribution in [0.1, 0.15) is 55.3 Å². The van der Waals surface area contributed by atoms with Crippen LogP contribution in [-0.4, -0.2) is 52.0 Å². The van der Waals surface area contributed by atoms with E-state index in [9.17, 15) is 23.5 Å². The molecule has 1 aromatic carbocycles. The molecule has 0 atom stereocenters. The highest BCUT2D eigenvalue weighted by Gasteiger charge is 2.27. The van der Waals surface area contributed by atoms with E-state index in [2.05, 4.69) is 15.2 Å². The minimum atomic E-state index is -0.897. The van der Waals surface area contributed by atoms with E-state index in [1.165, 1.54) is 17.4 Å². The number of thiazole rings is 1. The molecule has 7 nitrogen and oxygen atoms in total. The zero-order valence-electron chi connectivity index (χ0n) is 19.1. The molecule has 182 valence electrons. The second-order valence-corrected chi connectivity index (χ2v) is 10.3. The molecule has 0 aliphatic carbocycles. The van der Waals surface area contributed by atoms with Crippen molar-refractivity contribution >= 4 is 29.2 Å². The largest absolute Gasteiger partial charge is 0.481 e. The van der Waals surface area contributed by atoms with Crippen molar-refractivity contribution in [2.24, 2.45) is 0 Å². The van der Waals surface area contributed by atoms with Gasteiger partial charge in [-0.25, -0.2) is 13.8 Å². The van der Waals surface area contributed by atoms with Crippen LogP contribution in [0, 0.1) is 11.6 Å². The van der Waals surface area contributed by atoms with Crippen molar-refractivity contribution in [2.45, 2.75) is 51.2 Å². The number of ether oxygens (including phenoxy) is 1. The summed E-state index contributed by atoms with van der Waals surface area (Å²) < 4.78 is 34.4. The average molecular weight is 492 g/mol. The third-order valence-corrected chi connectivity index (χ3v) is 6.79. The molecule has 0 bridgehead atoms. The number of β-amino-alcohol motifs (C(OH)–C–C–N with tert-alkyl or cyclic N) is 1. The first-order valence-corrected chi connectivity index (χ1v) is 12.0. The molecule has 1 aromatic heterocycles. The maximum Gasteiger partial charge on any atom is 0.254 e. The molecule has 0 unspecified atom stereocenters. The molecule has 2 amide bonds. The first-order valence-electron chi connectivity index (χ1n) is 11.1. The number of nitrogens with one attached hydrogen (secondary N) is 1. The Labute approximate surface area is 200 Å². The van der Waals surface area contributed by atoms with Crippen molar-refractivity contribution < 1.29 is 28.2 Å². The zero-order chi connectivity index (χ0) is 24.5. The van der Waals surface area contributed by atoms with Crippen molar-refractivity contribution in [3.63, 3.8) is 0 Å². The molecule has 0 saturated carbocycles. The number of nitrogens with zero attached hydrogens (tertiary/aromatic N) is 2. The number of likely N-dealkylation sites (tertiary alicyclic amines) is 1. The average Bonchev–Trinajstić information content (AvgIpc) is 3.33. The summed E-state index contributed by atoms with van der Waals surface area (Å²) in [4.78, 5) is 29.8. The zero-order valence-corrected chi connectivity index (χ0v) is 19.9. The van der Waals surface area contributed by atoms with E-state index in [0.29, 0.717) is 18.2 Å². The Morgan fingerprint density at radius 1 is 1.26 bits per heavy atom. The van der Waals surface area contributed by atoms with Crippen LogP contribution in [0.4, 0.5) is 8.78 Å². The maximum atomic E-state index is 14.5. The summed E-state index contributed by atoms with van der Waals surface area (Å²) in [6, 6.07) is 2.13. The fourth-order valence-corrected chi connectivity index (χ4v) is 5.21. The molecular formula is C24H27F2N3O4S. The Hall–Kier alpha value is -2.69. The van der Waals surface area contributed by atoms with Gasteiger partial charge in [0, 0.05) is 23.4 Å². The van der Waals surface area contributed by atoms with Crippen molar-refractivity contribution in [2.75, 3.05) is 19.6 Å². The van der Waals surface area contributed by atoms with Crippen LogP contribution in [0.2, 0.25) is 0 Å². The SMILES string of the molecule is CC(C)(O)CN1CCC(c2nc(COc3c(F)cc(/C=C4\CC(=O)NC4=O)cc3F)cs2)CC1. The lowest BCUT2D eigenvalue weighted by atomic mass is 9.96. The maximum absolute atomic E-state index is 14.5. The van der Waals surface area contributed by atoms with Gasteiger partial charge in [-0.3, -0.25) is 14.9 Å². The Kier molecular flexibility index (Phi) is 7.11. The van der Waals surface area contributed by atoms with Gasteiger partial charge in [0.05, 0.1) is 22.7 Å². The van der Waals surface area contributed by atoms with Crippen LogP contribution in [0.15, 0.2) is 23.1 Å². The van der Waals surface area contributed by atoms with Crippen LogP contribution >= 0.6 is 11.3 Å². The fraction of sp³-hybridized carbons (Fsp3) is 0.458. The van der Waals surface area contributed by atoms with E-state index in [1.54, 1.807) is 13.8 Å². The molecule has 2 aliphatic heterocycles. The van der Waals surface area contributed by atoms with Gasteiger partial charge in [0.1, 0.15) is 6.61 Å². The van der Waals surface area contributed by atoms with Crippen molar-refractivity contribution in [1.82, 2.24) is 15.2 Å². The summed E-state index contributed by atoms with van der Waals surface area (Å²) in [6.07, 6.45) is 3.04. The molecular weight excluding hydrogens is 464 g/mol. The van der Waals surface area contributed by atoms with Gasteiger partial charge in [0.25, 0.3) is 5.91 Å². The minimum absolute atomic E-state index is 0.0702. The van der Waals surface area contributed by atoms with Gasteiger partial charge in [0.2, 0.25) is 5.91 Å². The quantitative estimate of drug-likeness (QED) is 0.456. The second-order valence-electron chi connectivity index (χ2n) is 9.37. The van der Waals surface area contributed by atoms with E-state index < -0.39 is 34.8 Å². The molecule has 2 saturated heterocycles. The lowest BCUT2D eigenvalue weighted by Crippen LogP contribution is -2.42. The van der Waals surface area contributed by atoms with Gasteiger partial charge in [0.15, 0.2) is 17.4 Å². The van der Waals surface area contributed by atoms with Gasteiger partial charge < -0.3 is 14.7 Å². The molecule has 4 rings (SSSR count). The Morgan fingerprint density at radius 3 is 2.53 bits per heavy atom. The summed E-state index contributed by atoms with van der Waals surface area (Å²) in [5, 5.41) is 14.9. The molecule has 34 heavy (non-hydrogen) atoms. The van der Waals surface area contributed by atoms with E-state index in [1.807, 2.05) is 5.38 Å². The normalized spacial score (nSPS) is 19.1. The smallest absolute Gasteiger partial charge is 0.254 e. The summed E-state index contributed by atoms with van der Waals surface area (Å²) in [7, 11) is 0. The van der Waals surface area contributed by atoms with Crippen molar-refractivity contribution in [3.8, 4) is 5.75 Å². The lowest BCUT2D eigenvalue weighted by Gasteiger charge is -2.34. The fourth-order valence-electron chi connectivity index (χ4n) is 4.23. The highest BCUT2D eigenvalue weighted by Crippen LogP contribution is 2.32. The highest BCUT2D eigenvalue weighted by molar-refractivity contribution is 7.09. The van der Waals surface area contributed by atoms with Crippen LogP contribution < -0.4 is 10.1 Å². The number of piperidine rings is 1. The first-order chi connectivity index (χ1) is 16.1. The number of hydrogen-bond donors (Lipinski definition) is 2. The number of hydrogen-bond acceptors (Lipinski definition) is 7. The van der Waals surface area contributed by atoms with Crippen molar-refractivity contribution in [1.29, 1.82) is 0 Å². The van der Waals surface area contributed by atoms with Gasteiger partial charge in [-0.2, -0.15) is 0 Å². The van der Waals surface area contributed by atoms with E-state index in [4.69, 9.17) is 4.74 Å². The second kappa shape index (κ2) is 9.89. The van der Waals surface area contributed by atoms with Crippen LogP contribution in [0.3, 0.4) is 0 Å². The Bertz CT molecular complexity index is 1090. The predicted octanol–water partition coefficient (Wildman–Crippen LogP) is 3.38. The first kappa shape index (κ1) is 24.4. The third kappa shape index (κ3) is 6.05. The topological polar surface area (TPSA) is 91.8 Å². The van der Waals surface area contributed by atoms with Crippen LogP contribution in [0.25, 0.3) is 6.08 Å². The molecule has 2 fully saturated rings. The minimum Gasteiger partial charge on any atom is -0.481 e. The summed E-state index contributed by atoms with van der Waals surface area (Å²) >= 11 is 1.51. The number of halogens is 2. The number of rotatable bonds is 7. The number of amides is 2. The van der Waals surface area contributed by atoms with E-state index in [-0.39, 0.29) is 24.2 Å². The monoisotopic (exact) mass is 491 g/mol. The molecule has 2 aliphatic rings. The third-order valence-electron chi connectivity index (χ3n) is 5.74. The van der Waals surface area contributed by atoms with Crippen molar-refractivity contribution in [3.05, 3.63) is 51.0 Å². The number of carbonyl (C=O) groups excluding carboxylic acids is 2. The number of aliphatic hydroxyl groups is 1. The molecule has 2 N–H and O–H groups in total. The van der Waals surface area contributed by atoms with Crippen LogP contribution in [-0.2, 0) is 16.2 Å². The summed E-state index contributed by atoms with van der Waals surface area (Å²) in [6.45, 7) is 5.94. The van der Waals surface area contributed by atoms with Crippen LogP contribution in [0.5, 0.6) is 5.75 Å². The number of benzene rings is 1. The molecule has 0 radical (unpaired) electrons. The van der Waals surface area contributed by atoms with Gasteiger partial charge in [-0.1, -0.05) is 0 Å². The molecule has 0 spiro atoms. The van der Waals surface area contributed by atoms with Gasteiger partial charge >= 0.3 is 0 Å². The predicted molar refractivity (Wildman–Crippen MR) is 123 cm³/mol. The molecule has 10 heteroatoms. The standard InChI is InChI=1S/C24H27F2N3O4S/c1-24(2,32)13-29-5-3-15(4-6-29)23-27-17(12-34-23)11-33-21-18(25)8-14(9-19(21)26)7-16-10-20(30)28-22(16)31/h7-9,12,15,32H,3-6,10-11,13H2,1-2H3,(H,28,30,31)/b16-7+. The number of imide groups is 1.